The molecule has 0 bridgehead atoms. The molecule has 0 aliphatic heterocycles. The van der Waals surface area contributed by atoms with Crippen molar-refractivity contribution in [3.8, 4) is 17.2 Å². The molecule has 2 rings (SSSR count). The lowest BCUT2D eigenvalue weighted by molar-refractivity contribution is 0.0921. The van der Waals surface area contributed by atoms with E-state index < -0.39 is 0 Å². The molecule has 2 N–H and O–H groups in total. The summed E-state index contributed by atoms with van der Waals surface area (Å²) in [6.45, 7) is 5.79. The first-order chi connectivity index (χ1) is 10.3. The lowest BCUT2D eigenvalue weighted by Gasteiger charge is -2.20. The first kappa shape index (κ1) is 16.0. The van der Waals surface area contributed by atoms with Crippen molar-refractivity contribution < 1.29 is 19.0 Å². The zero-order chi connectivity index (χ0) is 16.5. The highest BCUT2D eigenvalue weighted by atomic mass is 16.5. The molecule has 2 aromatic rings. The Morgan fingerprint density at radius 2 is 1.73 bits per heavy atom. The number of hydrogen-bond donors (Lipinski definition) is 2. The second-order valence-corrected chi connectivity index (χ2v) is 5.97. The van der Waals surface area contributed by atoms with Crippen molar-refractivity contribution in [3.05, 3.63) is 17.8 Å². The summed E-state index contributed by atoms with van der Waals surface area (Å²) >= 11 is 0. The third-order valence-electron chi connectivity index (χ3n) is 3.20. The first-order valence-corrected chi connectivity index (χ1v) is 6.95. The van der Waals surface area contributed by atoms with Crippen LogP contribution in [-0.4, -0.2) is 37.8 Å². The molecule has 0 fully saturated rings. The molecular formula is C16H22N2O4. The Hall–Kier alpha value is -2.37. The summed E-state index contributed by atoms with van der Waals surface area (Å²) in [6.07, 6.45) is 1.66. The highest BCUT2D eigenvalue weighted by Gasteiger charge is 2.24. The number of rotatable bonds is 4. The van der Waals surface area contributed by atoms with Crippen molar-refractivity contribution in [3.63, 3.8) is 0 Å². The van der Waals surface area contributed by atoms with E-state index in [9.17, 15) is 4.79 Å². The Morgan fingerprint density at radius 1 is 1.09 bits per heavy atom. The minimum absolute atomic E-state index is 0.177. The summed E-state index contributed by atoms with van der Waals surface area (Å²) in [5.41, 5.74) is 0.918. The third kappa shape index (κ3) is 2.81. The number of aromatic amines is 1. The molecule has 6 nitrogen and oxygen atoms in total. The van der Waals surface area contributed by atoms with Gasteiger partial charge in [-0.15, -0.1) is 0 Å². The van der Waals surface area contributed by atoms with E-state index >= 15 is 0 Å². The summed E-state index contributed by atoms with van der Waals surface area (Å²) in [4.78, 5) is 15.6. The van der Waals surface area contributed by atoms with Gasteiger partial charge >= 0.3 is 0 Å². The van der Waals surface area contributed by atoms with Crippen LogP contribution in [0.1, 0.15) is 31.1 Å². The lowest BCUT2D eigenvalue weighted by Crippen LogP contribution is -2.40. The van der Waals surface area contributed by atoms with E-state index in [-0.39, 0.29) is 11.4 Å². The SMILES string of the molecule is COc1cc2[nH]cc(C(=O)NC(C)(C)C)c2c(OC)c1OC. The zero-order valence-corrected chi connectivity index (χ0v) is 13.8. The largest absolute Gasteiger partial charge is 0.493 e. The number of nitrogens with one attached hydrogen (secondary N) is 2. The van der Waals surface area contributed by atoms with E-state index in [1.807, 2.05) is 20.8 Å². The first-order valence-electron chi connectivity index (χ1n) is 6.95. The lowest BCUT2D eigenvalue weighted by atomic mass is 10.1. The molecular weight excluding hydrogens is 284 g/mol. The second-order valence-electron chi connectivity index (χ2n) is 5.97. The number of aromatic nitrogens is 1. The number of hydrogen-bond acceptors (Lipinski definition) is 4. The summed E-state index contributed by atoms with van der Waals surface area (Å²) < 4.78 is 16.2. The molecule has 1 aromatic carbocycles. The molecule has 0 spiro atoms. The molecule has 0 unspecified atom stereocenters. The average Bonchev–Trinajstić information content (AvgIpc) is 2.86. The van der Waals surface area contributed by atoms with Crippen LogP contribution in [0.3, 0.4) is 0 Å². The predicted octanol–water partition coefficient (Wildman–Crippen LogP) is 2.72. The van der Waals surface area contributed by atoms with Crippen molar-refractivity contribution in [2.24, 2.45) is 0 Å². The number of benzene rings is 1. The van der Waals surface area contributed by atoms with E-state index in [1.54, 1.807) is 19.4 Å². The van der Waals surface area contributed by atoms with Gasteiger partial charge in [-0.25, -0.2) is 0 Å². The van der Waals surface area contributed by atoms with Gasteiger partial charge in [0.25, 0.3) is 5.91 Å². The third-order valence-corrected chi connectivity index (χ3v) is 3.20. The van der Waals surface area contributed by atoms with Gasteiger partial charge in [0.15, 0.2) is 11.5 Å². The molecule has 1 aromatic heterocycles. The molecule has 0 radical (unpaired) electrons. The summed E-state index contributed by atoms with van der Waals surface area (Å²) in [5.74, 6) is 1.29. The normalized spacial score (nSPS) is 11.4. The smallest absolute Gasteiger partial charge is 0.253 e. The van der Waals surface area contributed by atoms with E-state index in [0.717, 1.165) is 5.52 Å². The minimum atomic E-state index is -0.329. The molecule has 120 valence electrons. The maximum Gasteiger partial charge on any atom is 0.253 e. The van der Waals surface area contributed by atoms with E-state index in [4.69, 9.17) is 14.2 Å². The molecule has 0 saturated carbocycles. The highest BCUT2D eigenvalue weighted by molar-refractivity contribution is 6.10. The number of ether oxygens (including phenoxy) is 3. The van der Waals surface area contributed by atoms with Crippen molar-refractivity contribution >= 4 is 16.8 Å². The van der Waals surface area contributed by atoms with Crippen LogP contribution in [0.15, 0.2) is 12.3 Å². The maximum absolute atomic E-state index is 12.5. The van der Waals surface area contributed by atoms with Gasteiger partial charge in [0, 0.05) is 17.8 Å². The van der Waals surface area contributed by atoms with Gasteiger partial charge in [0.1, 0.15) is 0 Å². The van der Waals surface area contributed by atoms with Gasteiger partial charge in [-0.3, -0.25) is 4.79 Å². The number of H-pyrrole nitrogens is 1. The monoisotopic (exact) mass is 306 g/mol. The average molecular weight is 306 g/mol. The van der Waals surface area contributed by atoms with Crippen molar-refractivity contribution in [2.75, 3.05) is 21.3 Å². The van der Waals surface area contributed by atoms with E-state index in [0.29, 0.717) is 28.2 Å². The van der Waals surface area contributed by atoms with Gasteiger partial charge < -0.3 is 24.5 Å². The quantitative estimate of drug-likeness (QED) is 0.911. The van der Waals surface area contributed by atoms with Gasteiger partial charge in [-0.05, 0) is 20.8 Å². The predicted molar refractivity (Wildman–Crippen MR) is 85.2 cm³/mol. The van der Waals surface area contributed by atoms with Crippen molar-refractivity contribution in [1.82, 2.24) is 10.3 Å². The Morgan fingerprint density at radius 3 is 2.23 bits per heavy atom. The van der Waals surface area contributed by atoms with Crippen molar-refractivity contribution in [1.29, 1.82) is 0 Å². The molecule has 22 heavy (non-hydrogen) atoms. The molecule has 1 amide bonds. The van der Waals surface area contributed by atoms with Crippen molar-refractivity contribution in [2.45, 2.75) is 26.3 Å². The van der Waals surface area contributed by atoms with Crippen LogP contribution in [0, 0.1) is 0 Å². The standard InChI is InChI=1S/C16H22N2O4/c1-16(2,3)18-15(19)9-8-17-10-7-11(20-4)13(21-5)14(22-6)12(9)10/h7-8,17H,1-6H3,(H,18,19). The Kier molecular flexibility index (Phi) is 4.21. The molecule has 0 atom stereocenters. The number of carbonyl (C=O) groups is 1. The number of amides is 1. The Balaban J connectivity index is 2.66. The minimum Gasteiger partial charge on any atom is -0.493 e. The Labute approximate surface area is 129 Å². The number of fused-ring (bicyclic) bond motifs is 1. The zero-order valence-electron chi connectivity index (χ0n) is 13.8. The van der Waals surface area contributed by atoms with E-state index in [1.165, 1.54) is 14.2 Å². The van der Waals surface area contributed by atoms with E-state index in [2.05, 4.69) is 10.3 Å². The van der Waals surface area contributed by atoms with Crippen LogP contribution in [0.2, 0.25) is 0 Å². The summed E-state index contributed by atoms with van der Waals surface area (Å²) in [6, 6.07) is 1.78. The van der Waals surface area contributed by atoms with Gasteiger partial charge in [0.2, 0.25) is 5.75 Å². The van der Waals surface area contributed by atoms with Crippen LogP contribution in [0.4, 0.5) is 0 Å². The van der Waals surface area contributed by atoms with Gasteiger partial charge in [0.05, 0.1) is 37.8 Å². The van der Waals surface area contributed by atoms with Gasteiger partial charge in [-0.2, -0.15) is 0 Å². The number of methoxy groups -OCH3 is 3. The molecule has 6 heteroatoms. The fourth-order valence-electron chi connectivity index (χ4n) is 2.35. The molecule has 0 saturated heterocycles. The number of carbonyl (C=O) groups excluding carboxylic acids is 1. The van der Waals surface area contributed by atoms with Crippen LogP contribution in [-0.2, 0) is 0 Å². The van der Waals surface area contributed by atoms with Crippen LogP contribution in [0.5, 0.6) is 17.2 Å². The van der Waals surface area contributed by atoms with Crippen LogP contribution in [0.25, 0.3) is 10.9 Å². The van der Waals surface area contributed by atoms with Crippen LogP contribution >= 0.6 is 0 Å². The highest BCUT2D eigenvalue weighted by Crippen LogP contribution is 2.44. The van der Waals surface area contributed by atoms with Crippen LogP contribution < -0.4 is 19.5 Å². The fraction of sp³-hybridized carbons (Fsp3) is 0.438. The fourth-order valence-corrected chi connectivity index (χ4v) is 2.35. The Bertz CT molecular complexity index is 698. The summed E-state index contributed by atoms with van der Waals surface area (Å²) in [7, 11) is 4.63. The van der Waals surface area contributed by atoms with Gasteiger partial charge in [-0.1, -0.05) is 0 Å². The molecule has 1 heterocycles. The summed E-state index contributed by atoms with van der Waals surface area (Å²) in [5, 5.41) is 3.61. The topological polar surface area (TPSA) is 72.6 Å². The molecule has 0 aliphatic carbocycles. The maximum atomic E-state index is 12.5. The second kappa shape index (κ2) is 5.79. The molecule has 0 aliphatic rings.